The Labute approximate surface area is 94.6 Å². The maximum absolute atomic E-state index is 11.3. The van der Waals surface area contributed by atoms with Crippen molar-refractivity contribution < 1.29 is 14.7 Å². The van der Waals surface area contributed by atoms with Crippen LogP contribution >= 0.6 is 0 Å². The quantitative estimate of drug-likeness (QED) is 0.613. The van der Waals surface area contributed by atoms with Crippen LogP contribution in [0.1, 0.15) is 25.7 Å². The summed E-state index contributed by atoms with van der Waals surface area (Å²) in [6, 6.07) is -0.680. The van der Waals surface area contributed by atoms with Gasteiger partial charge in [0.05, 0.1) is 12.5 Å². The van der Waals surface area contributed by atoms with E-state index in [2.05, 4.69) is 16.6 Å². The third kappa shape index (κ3) is 3.46. The van der Waals surface area contributed by atoms with E-state index < -0.39 is 17.9 Å². The third-order valence-corrected chi connectivity index (χ3v) is 2.75. The van der Waals surface area contributed by atoms with Gasteiger partial charge in [0.15, 0.2) is 0 Å². The van der Waals surface area contributed by atoms with Gasteiger partial charge in [-0.2, -0.15) is 0 Å². The number of carbonyl (C=O) groups is 2. The molecule has 5 heteroatoms. The summed E-state index contributed by atoms with van der Waals surface area (Å²) in [6.45, 7) is 0.149. The fourth-order valence-electron chi connectivity index (χ4n) is 1.95. The van der Waals surface area contributed by atoms with Crippen LogP contribution in [0.4, 0.5) is 4.79 Å². The predicted molar refractivity (Wildman–Crippen MR) is 58.7 cm³/mol. The van der Waals surface area contributed by atoms with Crippen LogP contribution in [-0.4, -0.2) is 29.7 Å². The van der Waals surface area contributed by atoms with E-state index in [4.69, 9.17) is 11.5 Å². The smallest absolute Gasteiger partial charge is 0.315 e. The fraction of sp³-hybridized carbons (Fsp3) is 0.636. The van der Waals surface area contributed by atoms with Crippen LogP contribution in [0.15, 0.2) is 0 Å². The summed E-state index contributed by atoms with van der Waals surface area (Å²) in [6.07, 6.45) is 8.18. The Kier molecular flexibility index (Phi) is 4.65. The van der Waals surface area contributed by atoms with Crippen LogP contribution in [0.3, 0.4) is 0 Å². The molecule has 2 unspecified atom stereocenters. The van der Waals surface area contributed by atoms with Crippen LogP contribution in [0.5, 0.6) is 0 Å². The van der Waals surface area contributed by atoms with Crippen LogP contribution in [0.2, 0.25) is 0 Å². The van der Waals surface area contributed by atoms with Gasteiger partial charge in [-0.3, -0.25) is 4.79 Å². The van der Waals surface area contributed by atoms with E-state index in [1.165, 1.54) is 0 Å². The summed E-state index contributed by atoms with van der Waals surface area (Å²) in [5.74, 6) is 0.955. The number of amides is 2. The van der Waals surface area contributed by atoms with Gasteiger partial charge in [-0.05, 0) is 12.8 Å². The molecule has 2 atom stereocenters. The van der Waals surface area contributed by atoms with Gasteiger partial charge in [0.25, 0.3) is 0 Å². The van der Waals surface area contributed by atoms with Gasteiger partial charge in [-0.25, -0.2) is 4.79 Å². The molecule has 88 valence electrons. The lowest BCUT2D eigenvalue weighted by Crippen LogP contribution is -2.48. The second-order valence-corrected chi connectivity index (χ2v) is 3.87. The molecule has 0 aromatic rings. The Morgan fingerprint density at radius 3 is 2.69 bits per heavy atom. The SMILES string of the molecule is C#CCNC(=O)NC1CCCCC1C(=O)O. The molecule has 0 spiro atoms. The van der Waals surface area contributed by atoms with Crippen LogP contribution in [-0.2, 0) is 4.79 Å². The summed E-state index contributed by atoms with van der Waals surface area (Å²) in [7, 11) is 0. The van der Waals surface area contributed by atoms with Gasteiger partial charge in [0, 0.05) is 6.04 Å². The number of carboxylic acids is 1. The number of carbonyl (C=O) groups excluding carboxylic acids is 1. The molecule has 2 amide bonds. The molecule has 1 saturated carbocycles. The number of urea groups is 1. The predicted octanol–water partition coefficient (Wildman–Crippen LogP) is 0.562. The highest BCUT2D eigenvalue weighted by Gasteiger charge is 2.31. The molecule has 1 rings (SSSR count). The summed E-state index contributed by atoms with van der Waals surface area (Å²) in [5, 5.41) is 14.1. The standard InChI is InChI=1S/C11H16N2O3/c1-2-7-12-11(16)13-9-6-4-3-5-8(9)10(14)15/h1,8-9H,3-7H2,(H,14,15)(H2,12,13,16). The highest BCUT2D eigenvalue weighted by atomic mass is 16.4. The van der Waals surface area contributed by atoms with E-state index in [9.17, 15) is 9.59 Å². The minimum Gasteiger partial charge on any atom is -0.481 e. The summed E-state index contributed by atoms with van der Waals surface area (Å²) >= 11 is 0. The van der Waals surface area contributed by atoms with Crippen molar-refractivity contribution in [1.29, 1.82) is 0 Å². The van der Waals surface area contributed by atoms with Crippen molar-refractivity contribution in [3.63, 3.8) is 0 Å². The van der Waals surface area contributed by atoms with Crippen molar-refractivity contribution >= 4 is 12.0 Å². The van der Waals surface area contributed by atoms with Crippen LogP contribution in [0, 0.1) is 18.3 Å². The van der Waals surface area contributed by atoms with Gasteiger partial charge >= 0.3 is 12.0 Å². The molecule has 0 aromatic carbocycles. The topological polar surface area (TPSA) is 78.4 Å². The van der Waals surface area contributed by atoms with Crippen LogP contribution < -0.4 is 10.6 Å². The number of aliphatic carboxylic acids is 1. The number of hydrogen-bond acceptors (Lipinski definition) is 2. The van der Waals surface area contributed by atoms with E-state index in [0.29, 0.717) is 12.8 Å². The van der Waals surface area contributed by atoms with Gasteiger partial charge in [-0.15, -0.1) is 6.42 Å². The molecule has 1 fully saturated rings. The van der Waals surface area contributed by atoms with Gasteiger partial charge in [0.2, 0.25) is 0 Å². The lowest BCUT2D eigenvalue weighted by atomic mass is 9.84. The van der Waals surface area contributed by atoms with E-state index in [1.54, 1.807) is 0 Å². The zero-order valence-corrected chi connectivity index (χ0v) is 9.03. The summed E-state index contributed by atoms with van der Waals surface area (Å²) < 4.78 is 0. The van der Waals surface area contributed by atoms with Crippen molar-refractivity contribution in [3.05, 3.63) is 0 Å². The minimum absolute atomic E-state index is 0.149. The monoisotopic (exact) mass is 224 g/mol. The summed E-state index contributed by atoms with van der Waals surface area (Å²) in [5.41, 5.74) is 0. The number of rotatable bonds is 3. The first-order valence-corrected chi connectivity index (χ1v) is 5.35. The Morgan fingerprint density at radius 2 is 2.06 bits per heavy atom. The first kappa shape index (κ1) is 12.4. The van der Waals surface area contributed by atoms with Gasteiger partial charge in [-0.1, -0.05) is 18.8 Å². The van der Waals surface area contributed by atoms with Crippen molar-refractivity contribution in [2.75, 3.05) is 6.54 Å². The molecular weight excluding hydrogens is 208 g/mol. The zero-order chi connectivity index (χ0) is 12.0. The maximum atomic E-state index is 11.3. The lowest BCUT2D eigenvalue weighted by Gasteiger charge is -2.29. The molecule has 0 radical (unpaired) electrons. The Hall–Kier alpha value is -1.70. The average molecular weight is 224 g/mol. The molecule has 3 N–H and O–H groups in total. The van der Waals surface area contributed by atoms with Gasteiger partial charge < -0.3 is 15.7 Å². The first-order valence-electron chi connectivity index (χ1n) is 5.35. The largest absolute Gasteiger partial charge is 0.481 e. The zero-order valence-electron chi connectivity index (χ0n) is 9.03. The van der Waals surface area contributed by atoms with E-state index in [0.717, 1.165) is 12.8 Å². The maximum Gasteiger partial charge on any atom is 0.315 e. The fourth-order valence-corrected chi connectivity index (χ4v) is 1.95. The Balaban J connectivity index is 2.47. The van der Waals surface area contributed by atoms with Crippen molar-refractivity contribution in [1.82, 2.24) is 10.6 Å². The van der Waals surface area contributed by atoms with Crippen molar-refractivity contribution in [2.45, 2.75) is 31.7 Å². The minimum atomic E-state index is -0.845. The molecular formula is C11H16N2O3. The molecule has 0 aromatic heterocycles. The highest BCUT2D eigenvalue weighted by Crippen LogP contribution is 2.24. The third-order valence-electron chi connectivity index (χ3n) is 2.75. The van der Waals surface area contributed by atoms with E-state index >= 15 is 0 Å². The molecule has 0 saturated heterocycles. The number of hydrogen-bond donors (Lipinski definition) is 3. The molecule has 0 bridgehead atoms. The van der Waals surface area contributed by atoms with Gasteiger partial charge in [0.1, 0.15) is 0 Å². The molecule has 0 heterocycles. The molecule has 1 aliphatic carbocycles. The normalized spacial score (nSPS) is 24.2. The van der Waals surface area contributed by atoms with E-state index in [1.807, 2.05) is 0 Å². The second kappa shape index (κ2) is 6.01. The number of carboxylic acid groups (broad SMARTS) is 1. The van der Waals surface area contributed by atoms with Crippen LogP contribution in [0.25, 0.3) is 0 Å². The molecule has 0 aliphatic heterocycles. The lowest BCUT2D eigenvalue weighted by molar-refractivity contribution is -0.143. The Bertz CT molecular complexity index is 309. The number of terminal acetylenes is 1. The molecule has 5 nitrogen and oxygen atoms in total. The summed E-state index contributed by atoms with van der Waals surface area (Å²) in [4.78, 5) is 22.3. The first-order chi connectivity index (χ1) is 7.65. The highest BCUT2D eigenvalue weighted by molar-refractivity contribution is 5.77. The van der Waals surface area contributed by atoms with E-state index in [-0.39, 0.29) is 12.6 Å². The van der Waals surface area contributed by atoms with Crippen molar-refractivity contribution in [2.24, 2.45) is 5.92 Å². The Morgan fingerprint density at radius 1 is 1.38 bits per heavy atom. The average Bonchev–Trinajstić information content (AvgIpc) is 2.27. The van der Waals surface area contributed by atoms with Crippen molar-refractivity contribution in [3.8, 4) is 12.3 Å². The molecule has 16 heavy (non-hydrogen) atoms. The number of nitrogens with one attached hydrogen (secondary N) is 2. The molecule has 1 aliphatic rings. The second-order valence-electron chi connectivity index (χ2n) is 3.87.